The van der Waals surface area contributed by atoms with E-state index in [4.69, 9.17) is 21.8 Å². The predicted molar refractivity (Wildman–Crippen MR) is 51.7 cm³/mol. The zero-order valence-corrected chi connectivity index (χ0v) is 8.82. The number of carboxylic acid groups (broad SMARTS) is 2. The third kappa shape index (κ3) is 5.90. The number of carbonyl (C=O) groups excluding carboxylic acids is 1. The molecule has 0 saturated carbocycles. The van der Waals surface area contributed by atoms with Crippen LogP contribution in [0.25, 0.3) is 0 Å². The predicted octanol–water partition coefficient (Wildman–Crippen LogP) is -0.0946. The number of halogens is 1. The zero-order valence-electron chi connectivity index (χ0n) is 8.07. The molecule has 2 atom stereocenters. The molecule has 2 unspecified atom stereocenters. The maximum Gasteiger partial charge on any atom is 0.308 e. The van der Waals surface area contributed by atoms with Gasteiger partial charge in [-0.3, -0.25) is 14.4 Å². The van der Waals surface area contributed by atoms with Crippen LogP contribution in [0.15, 0.2) is 0 Å². The van der Waals surface area contributed by atoms with Gasteiger partial charge in [0, 0.05) is 6.54 Å². The summed E-state index contributed by atoms with van der Waals surface area (Å²) in [6.45, 7) is 1.20. The minimum Gasteiger partial charge on any atom is -0.481 e. The number of rotatable bonds is 6. The fraction of sp³-hybridized carbons (Fsp3) is 0.625. The molecule has 0 aromatic rings. The molecule has 86 valence electrons. The summed E-state index contributed by atoms with van der Waals surface area (Å²) in [6.07, 6.45) is -0.535. The highest BCUT2D eigenvalue weighted by atomic mass is 35.5. The maximum absolute atomic E-state index is 11.0. The first kappa shape index (κ1) is 13.7. The molecule has 3 N–H and O–H groups in total. The van der Waals surface area contributed by atoms with Gasteiger partial charge in [-0.15, -0.1) is 11.6 Å². The minimum atomic E-state index is -1.26. The zero-order chi connectivity index (χ0) is 12.0. The van der Waals surface area contributed by atoms with Crippen molar-refractivity contribution in [3.63, 3.8) is 0 Å². The average Bonchev–Trinajstić information content (AvgIpc) is 2.10. The van der Waals surface area contributed by atoms with Crippen LogP contribution in [0.3, 0.4) is 0 Å². The molecule has 0 radical (unpaired) electrons. The van der Waals surface area contributed by atoms with Crippen molar-refractivity contribution in [2.75, 3.05) is 6.54 Å². The highest BCUT2D eigenvalue weighted by Gasteiger charge is 2.22. The Labute approximate surface area is 91.2 Å². The third-order valence-corrected chi connectivity index (χ3v) is 1.85. The molecule has 15 heavy (non-hydrogen) atoms. The van der Waals surface area contributed by atoms with E-state index >= 15 is 0 Å². The molecule has 1 amide bonds. The van der Waals surface area contributed by atoms with Gasteiger partial charge in [0.25, 0.3) is 0 Å². The third-order valence-electron chi connectivity index (χ3n) is 1.65. The van der Waals surface area contributed by atoms with Crippen molar-refractivity contribution in [3.8, 4) is 0 Å². The molecule has 0 rings (SSSR count). The van der Waals surface area contributed by atoms with Gasteiger partial charge in [-0.2, -0.15) is 0 Å². The SMILES string of the molecule is CC(Cl)C(=O)NCC(CC(=O)O)C(=O)O. The van der Waals surface area contributed by atoms with Gasteiger partial charge in [-0.25, -0.2) is 0 Å². The molecule has 6 nitrogen and oxygen atoms in total. The monoisotopic (exact) mass is 237 g/mol. The summed E-state index contributed by atoms with van der Waals surface area (Å²) in [4.78, 5) is 31.8. The smallest absolute Gasteiger partial charge is 0.308 e. The van der Waals surface area contributed by atoms with Crippen molar-refractivity contribution in [1.82, 2.24) is 5.32 Å². The summed E-state index contributed by atoms with van der Waals surface area (Å²) in [5.74, 6) is -4.15. The van der Waals surface area contributed by atoms with Gasteiger partial charge in [0.15, 0.2) is 0 Å². The van der Waals surface area contributed by atoms with E-state index in [2.05, 4.69) is 5.32 Å². The van der Waals surface area contributed by atoms with Gasteiger partial charge in [0.05, 0.1) is 12.3 Å². The molecule has 0 aliphatic rings. The van der Waals surface area contributed by atoms with E-state index in [9.17, 15) is 14.4 Å². The Morgan fingerprint density at radius 1 is 1.33 bits per heavy atom. The topological polar surface area (TPSA) is 104 Å². The van der Waals surface area contributed by atoms with Crippen LogP contribution in [-0.4, -0.2) is 40.0 Å². The molecule has 0 aromatic heterocycles. The lowest BCUT2D eigenvalue weighted by molar-refractivity contribution is -0.148. The van der Waals surface area contributed by atoms with Crippen LogP contribution < -0.4 is 5.32 Å². The van der Waals surface area contributed by atoms with E-state index in [1.165, 1.54) is 6.92 Å². The number of hydrogen-bond acceptors (Lipinski definition) is 3. The number of aliphatic carboxylic acids is 2. The number of hydrogen-bond donors (Lipinski definition) is 3. The molecular formula is C8H12ClNO5. The van der Waals surface area contributed by atoms with Crippen molar-refractivity contribution < 1.29 is 24.6 Å². The lowest BCUT2D eigenvalue weighted by atomic mass is 10.1. The normalized spacial score (nSPS) is 14.0. The van der Waals surface area contributed by atoms with Crippen LogP contribution in [0.5, 0.6) is 0 Å². The van der Waals surface area contributed by atoms with Gasteiger partial charge in [-0.1, -0.05) is 0 Å². The molecule has 0 fully saturated rings. The number of amides is 1. The summed E-state index contributed by atoms with van der Waals surface area (Å²) in [5, 5.41) is 18.5. The Hall–Kier alpha value is -1.30. The van der Waals surface area contributed by atoms with Crippen LogP contribution >= 0.6 is 11.6 Å². The summed E-state index contributed by atoms with van der Waals surface area (Å²) >= 11 is 5.42. The molecule has 0 heterocycles. The quantitative estimate of drug-likeness (QED) is 0.560. The van der Waals surface area contributed by atoms with Crippen molar-refractivity contribution in [2.45, 2.75) is 18.7 Å². The number of alkyl halides is 1. The van der Waals surface area contributed by atoms with Crippen molar-refractivity contribution >= 4 is 29.4 Å². The Balaban J connectivity index is 4.13. The summed E-state index contributed by atoms with van der Waals surface area (Å²) in [6, 6.07) is 0. The molecule has 0 aliphatic heterocycles. The van der Waals surface area contributed by atoms with Crippen LogP contribution in [0.4, 0.5) is 0 Å². The van der Waals surface area contributed by atoms with E-state index in [0.717, 1.165) is 0 Å². The van der Waals surface area contributed by atoms with E-state index in [1.54, 1.807) is 0 Å². The maximum atomic E-state index is 11.0. The molecule has 0 spiro atoms. The molecule has 0 saturated heterocycles. The Morgan fingerprint density at radius 2 is 1.87 bits per heavy atom. The highest BCUT2D eigenvalue weighted by molar-refractivity contribution is 6.30. The average molecular weight is 238 g/mol. The Kier molecular flexibility index (Phi) is 5.69. The van der Waals surface area contributed by atoms with Crippen LogP contribution in [0.2, 0.25) is 0 Å². The molecular weight excluding hydrogens is 226 g/mol. The van der Waals surface area contributed by atoms with E-state index < -0.39 is 35.6 Å². The van der Waals surface area contributed by atoms with Gasteiger partial charge in [0.1, 0.15) is 5.38 Å². The lowest BCUT2D eigenvalue weighted by Gasteiger charge is -2.11. The first-order valence-corrected chi connectivity index (χ1v) is 4.64. The standard InChI is InChI=1S/C8H12ClNO5/c1-4(9)7(13)10-3-5(8(14)15)2-6(11)12/h4-5H,2-3H2,1H3,(H,10,13)(H,11,12)(H,14,15). The lowest BCUT2D eigenvalue weighted by Crippen LogP contribution is -2.37. The largest absolute Gasteiger partial charge is 0.481 e. The number of carboxylic acids is 2. The summed E-state index contributed by atoms with van der Waals surface area (Å²) in [5.41, 5.74) is 0. The van der Waals surface area contributed by atoms with Crippen LogP contribution in [0.1, 0.15) is 13.3 Å². The fourth-order valence-corrected chi connectivity index (χ4v) is 0.899. The molecule has 7 heteroatoms. The van der Waals surface area contributed by atoms with Crippen molar-refractivity contribution in [2.24, 2.45) is 5.92 Å². The molecule has 0 aliphatic carbocycles. The first-order valence-electron chi connectivity index (χ1n) is 4.21. The fourth-order valence-electron chi connectivity index (χ4n) is 0.822. The van der Waals surface area contributed by atoms with Gasteiger partial charge in [-0.05, 0) is 6.92 Å². The van der Waals surface area contributed by atoms with Gasteiger partial charge < -0.3 is 15.5 Å². The second-order valence-corrected chi connectivity index (χ2v) is 3.65. The minimum absolute atomic E-state index is 0.239. The second kappa shape index (κ2) is 6.23. The van der Waals surface area contributed by atoms with Gasteiger partial charge in [0.2, 0.25) is 5.91 Å². The Morgan fingerprint density at radius 3 is 2.20 bits per heavy atom. The molecule has 0 bridgehead atoms. The summed E-state index contributed by atoms with van der Waals surface area (Å²) in [7, 11) is 0. The van der Waals surface area contributed by atoms with Crippen LogP contribution in [0, 0.1) is 5.92 Å². The first-order chi connectivity index (χ1) is 6.84. The van der Waals surface area contributed by atoms with Gasteiger partial charge >= 0.3 is 11.9 Å². The van der Waals surface area contributed by atoms with Crippen molar-refractivity contribution in [1.29, 1.82) is 0 Å². The number of nitrogens with one attached hydrogen (secondary N) is 1. The Bertz CT molecular complexity index is 266. The van der Waals surface area contributed by atoms with Crippen LogP contribution in [-0.2, 0) is 14.4 Å². The molecule has 0 aromatic carbocycles. The van der Waals surface area contributed by atoms with Crippen molar-refractivity contribution in [3.05, 3.63) is 0 Å². The number of carbonyl (C=O) groups is 3. The van der Waals surface area contributed by atoms with E-state index in [0.29, 0.717) is 0 Å². The second-order valence-electron chi connectivity index (χ2n) is 2.99. The highest BCUT2D eigenvalue weighted by Crippen LogP contribution is 2.02. The van der Waals surface area contributed by atoms with E-state index in [1.807, 2.05) is 0 Å². The van der Waals surface area contributed by atoms with E-state index in [-0.39, 0.29) is 6.54 Å². The summed E-state index contributed by atoms with van der Waals surface area (Å²) < 4.78 is 0.